The maximum atomic E-state index is 11.6. The average Bonchev–Trinajstić information content (AvgIpc) is 3.25. The minimum absolute atomic E-state index is 0.0230. The lowest BCUT2D eigenvalue weighted by Crippen LogP contribution is -2.14. The highest BCUT2D eigenvalue weighted by Gasteiger charge is 2.29. The van der Waals surface area contributed by atoms with Gasteiger partial charge in [0.1, 0.15) is 0 Å². The van der Waals surface area contributed by atoms with E-state index in [2.05, 4.69) is 20.8 Å². The van der Waals surface area contributed by atoms with Crippen molar-refractivity contribution in [2.75, 3.05) is 10.6 Å². The lowest BCUT2D eigenvalue weighted by molar-refractivity contribution is -0.117. The second kappa shape index (κ2) is 5.46. The Balaban J connectivity index is 1.65. The molecular formula is C14H13ClN4O. The van der Waals surface area contributed by atoms with Crippen LogP contribution in [0.3, 0.4) is 0 Å². The maximum absolute atomic E-state index is 11.6. The number of nitrogens with zero attached hydrogens (tertiary/aromatic N) is 2. The Morgan fingerprint density at radius 1 is 1.15 bits per heavy atom. The molecule has 102 valence electrons. The minimum atomic E-state index is 0.0230. The van der Waals surface area contributed by atoms with Crippen molar-refractivity contribution in [3.05, 3.63) is 41.4 Å². The maximum Gasteiger partial charge on any atom is 0.228 e. The van der Waals surface area contributed by atoms with Crippen molar-refractivity contribution >= 4 is 34.8 Å². The summed E-state index contributed by atoms with van der Waals surface area (Å²) in [6, 6.07) is 10.8. The summed E-state index contributed by atoms with van der Waals surface area (Å²) in [6.07, 6.45) is 1.93. The van der Waals surface area contributed by atoms with Gasteiger partial charge in [0.25, 0.3) is 0 Å². The van der Waals surface area contributed by atoms with Crippen LogP contribution in [0.25, 0.3) is 0 Å². The first kappa shape index (κ1) is 12.9. The van der Waals surface area contributed by atoms with Crippen LogP contribution in [0.5, 0.6) is 0 Å². The second-order valence-electron chi connectivity index (χ2n) is 4.70. The van der Waals surface area contributed by atoms with Crippen molar-refractivity contribution in [2.45, 2.75) is 12.8 Å². The Bertz CT molecular complexity index is 625. The van der Waals surface area contributed by atoms with Crippen LogP contribution in [0.15, 0.2) is 36.4 Å². The topological polar surface area (TPSA) is 66.9 Å². The third kappa shape index (κ3) is 3.24. The molecule has 1 aliphatic rings. The highest BCUT2D eigenvalue weighted by molar-refractivity contribution is 6.30. The van der Waals surface area contributed by atoms with E-state index in [0.717, 1.165) is 18.5 Å². The van der Waals surface area contributed by atoms with E-state index < -0.39 is 0 Å². The Labute approximate surface area is 121 Å². The number of carbonyl (C=O) groups is 1. The molecule has 0 spiro atoms. The standard InChI is InChI=1S/C14H13ClN4O/c15-10-2-1-3-11(8-10)16-12-6-7-13(19-18-12)17-14(20)9-4-5-9/h1-3,6-9H,4-5H2,(H,16,18)(H,17,19,20). The van der Waals surface area contributed by atoms with Gasteiger partial charge in [0, 0.05) is 16.6 Å². The predicted molar refractivity (Wildman–Crippen MR) is 78.1 cm³/mol. The number of halogens is 1. The number of anilines is 3. The third-order valence-corrected chi connectivity index (χ3v) is 3.20. The Morgan fingerprint density at radius 2 is 1.90 bits per heavy atom. The normalized spacial score (nSPS) is 13.8. The molecular weight excluding hydrogens is 276 g/mol. The average molecular weight is 289 g/mol. The van der Waals surface area contributed by atoms with Crippen LogP contribution in [0.2, 0.25) is 5.02 Å². The van der Waals surface area contributed by atoms with Crippen molar-refractivity contribution in [2.24, 2.45) is 5.92 Å². The zero-order valence-corrected chi connectivity index (χ0v) is 11.4. The zero-order valence-electron chi connectivity index (χ0n) is 10.6. The van der Waals surface area contributed by atoms with E-state index in [1.54, 1.807) is 24.3 Å². The predicted octanol–water partition coefficient (Wildman–Crippen LogP) is 3.22. The smallest absolute Gasteiger partial charge is 0.228 e. The molecule has 0 atom stereocenters. The van der Waals surface area contributed by atoms with Crippen molar-refractivity contribution in [1.82, 2.24) is 10.2 Å². The molecule has 2 N–H and O–H groups in total. The number of nitrogens with one attached hydrogen (secondary N) is 2. The van der Waals surface area contributed by atoms with Gasteiger partial charge >= 0.3 is 0 Å². The summed E-state index contributed by atoms with van der Waals surface area (Å²) in [7, 11) is 0. The van der Waals surface area contributed by atoms with Crippen LogP contribution in [-0.2, 0) is 4.79 Å². The molecule has 0 saturated heterocycles. The van der Waals surface area contributed by atoms with Gasteiger partial charge in [0.15, 0.2) is 11.6 Å². The highest BCUT2D eigenvalue weighted by Crippen LogP contribution is 2.29. The molecule has 1 aliphatic carbocycles. The molecule has 5 nitrogen and oxygen atoms in total. The number of aromatic nitrogens is 2. The van der Waals surface area contributed by atoms with Crippen LogP contribution in [0.1, 0.15) is 12.8 Å². The molecule has 2 aromatic rings. The minimum Gasteiger partial charge on any atom is -0.339 e. The molecule has 1 aromatic carbocycles. The summed E-state index contributed by atoms with van der Waals surface area (Å²) < 4.78 is 0. The molecule has 1 aromatic heterocycles. The summed E-state index contributed by atoms with van der Waals surface area (Å²) in [5.74, 6) is 1.24. The Kier molecular flexibility index (Phi) is 3.52. The molecule has 6 heteroatoms. The van der Waals surface area contributed by atoms with Crippen molar-refractivity contribution in [1.29, 1.82) is 0 Å². The van der Waals surface area contributed by atoms with Crippen LogP contribution in [-0.4, -0.2) is 16.1 Å². The first-order valence-electron chi connectivity index (χ1n) is 6.38. The van der Waals surface area contributed by atoms with Gasteiger partial charge < -0.3 is 10.6 Å². The van der Waals surface area contributed by atoms with Gasteiger partial charge in [0.2, 0.25) is 5.91 Å². The van der Waals surface area contributed by atoms with E-state index in [1.807, 2.05) is 12.1 Å². The zero-order chi connectivity index (χ0) is 13.9. The Hall–Kier alpha value is -2.14. The second-order valence-corrected chi connectivity index (χ2v) is 5.14. The SMILES string of the molecule is O=C(Nc1ccc(Nc2cccc(Cl)c2)nn1)C1CC1. The monoisotopic (exact) mass is 288 g/mol. The molecule has 1 amide bonds. The van der Waals surface area contributed by atoms with E-state index in [4.69, 9.17) is 11.6 Å². The van der Waals surface area contributed by atoms with Gasteiger partial charge in [-0.05, 0) is 43.2 Å². The van der Waals surface area contributed by atoms with E-state index in [1.165, 1.54) is 0 Å². The number of carbonyl (C=O) groups excluding carboxylic acids is 1. The summed E-state index contributed by atoms with van der Waals surface area (Å²) in [5.41, 5.74) is 0.835. The van der Waals surface area contributed by atoms with Gasteiger partial charge in [-0.25, -0.2) is 0 Å². The number of rotatable bonds is 4. The number of hydrogen-bond acceptors (Lipinski definition) is 4. The summed E-state index contributed by atoms with van der Waals surface area (Å²) in [5, 5.41) is 14.5. The fourth-order valence-corrected chi connectivity index (χ4v) is 1.94. The van der Waals surface area contributed by atoms with E-state index in [0.29, 0.717) is 16.7 Å². The van der Waals surface area contributed by atoms with E-state index >= 15 is 0 Å². The van der Waals surface area contributed by atoms with Crippen molar-refractivity contribution in [3.8, 4) is 0 Å². The largest absolute Gasteiger partial charge is 0.339 e. The van der Waals surface area contributed by atoms with Crippen LogP contribution in [0.4, 0.5) is 17.3 Å². The summed E-state index contributed by atoms with van der Waals surface area (Å²) in [4.78, 5) is 11.6. The summed E-state index contributed by atoms with van der Waals surface area (Å²) >= 11 is 5.91. The van der Waals surface area contributed by atoms with E-state index in [-0.39, 0.29) is 11.8 Å². The molecule has 0 unspecified atom stereocenters. The van der Waals surface area contributed by atoms with Gasteiger partial charge in [-0.1, -0.05) is 17.7 Å². The molecule has 1 heterocycles. The number of amides is 1. The molecule has 3 rings (SSSR count). The van der Waals surface area contributed by atoms with Gasteiger partial charge in [-0.3, -0.25) is 4.79 Å². The highest BCUT2D eigenvalue weighted by atomic mass is 35.5. The lowest BCUT2D eigenvalue weighted by atomic mass is 10.3. The molecule has 20 heavy (non-hydrogen) atoms. The Morgan fingerprint density at radius 3 is 2.55 bits per heavy atom. The van der Waals surface area contributed by atoms with Crippen LogP contribution < -0.4 is 10.6 Å². The fraction of sp³-hybridized carbons (Fsp3) is 0.214. The van der Waals surface area contributed by atoms with Crippen molar-refractivity contribution in [3.63, 3.8) is 0 Å². The first-order valence-corrected chi connectivity index (χ1v) is 6.76. The molecule has 0 aliphatic heterocycles. The number of hydrogen-bond donors (Lipinski definition) is 2. The summed E-state index contributed by atoms with van der Waals surface area (Å²) in [6.45, 7) is 0. The van der Waals surface area contributed by atoms with Gasteiger partial charge in [-0.15, -0.1) is 10.2 Å². The molecule has 1 fully saturated rings. The van der Waals surface area contributed by atoms with Gasteiger partial charge in [0.05, 0.1) is 0 Å². The van der Waals surface area contributed by atoms with E-state index in [9.17, 15) is 4.79 Å². The van der Waals surface area contributed by atoms with Crippen LogP contribution >= 0.6 is 11.6 Å². The molecule has 0 bridgehead atoms. The quantitative estimate of drug-likeness (QED) is 0.906. The molecule has 1 saturated carbocycles. The van der Waals surface area contributed by atoms with Gasteiger partial charge in [-0.2, -0.15) is 0 Å². The molecule has 0 radical (unpaired) electrons. The first-order chi connectivity index (χ1) is 9.70. The van der Waals surface area contributed by atoms with Crippen LogP contribution in [0, 0.1) is 5.92 Å². The third-order valence-electron chi connectivity index (χ3n) is 2.96. The number of benzene rings is 1. The lowest BCUT2D eigenvalue weighted by Gasteiger charge is -2.06. The van der Waals surface area contributed by atoms with Crippen molar-refractivity contribution < 1.29 is 4.79 Å². The fourth-order valence-electron chi connectivity index (χ4n) is 1.75.